The van der Waals surface area contributed by atoms with Gasteiger partial charge in [-0.05, 0) is 44.5 Å². The minimum absolute atomic E-state index is 0.383. The standard InChI is InChI=1S/C21H18N6O/c1-10-6-14(12(3)28-10)20-17(9-23)19(16(8-22)11(2)25-20)13-4-5-18-15(7-13)21(24)27-26-18/h4-7,19,25H,1-3H3,(H3,24,26,27). The average molecular weight is 370 g/mol. The number of nitriles is 2. The third kappa shape index (κ3) is 2.53. The number of anilines is 1. The van der Waals surface area contributed by atoms with Crippen LogP contribution in [0.1, 0.15) is 35.5 Å². The van der Waals surface area contributed by atoms with Gasteiger partial charge in [-0.2, -0.15) is 15.6 Å². The van der Waals surface area contributed by atoms with E-state index in [9.17, 15) is 10.5 Å². The number of aromatic nitrogens is 2. The van der Waals surface area contributed by atoms with E-state index >= 15 is 0 Å². The summed E-state index contributed by atoms with van der Waals surface area (Å²) in [6.07, 6.45) is 0. The van der Waals surface area contributed by atoms with Gasteiger partial charge in [0.2, 0.25) is 0 Å². The zero-order valence-electron chi connectivity index (χ0n) is 15.7. The van der Waals surface area contributed by atoms with Gasteiger partial charge in [-0.1, -0.05) is 6.07 Å². The van der Waals surface area contributed by atoms with Gasteiger partial charge in [-0.3, -0.25) is 5.10 Å². The van der Waals surface area contributed by atoms with Gasteiger partial charge in [-0.25, -0.2) is 0 Å². The average Bonchev–Trinajstić information content (AvgIpc) is 3.22. The van der Waals surface area contributed by atoms with Crippen molar-refractivity contribution in [3.8, 4) is 12.1 Å². The number of rotatable bonds is 2. The van der Waals surface area contributed by atoms with Crippen molar-refractivity contribution in [2.75, 3.05) is 5.73 Å². The third-order valence-electron chi connectivity index (χ3n) is 5.06. The zero-order chi connectivity index (χ0) is 20.0. The SMILES string of the molecule is CC1=C(C#N)C(c2ccc3[nH]nc(N)c3c2)C(C#N)=C(c2cc(C)oc2C)N1. The van der Waals surface area contributed by atoms with Crippen LogP contribution in [0, 0.1) is 36.5 Å². The fourth-order valence-corrected chi connectivity index (χ4v) is 3.75. The van der Waals surface area contributed by atoms with Gasteiger partial charge >= 0.3 is 0 Å². The molecule has 1 aliphatic heterocycles. The number of fused-ring (bicyclic) bond motifs is 1. The van der Waals surface area contributed by atoms with Crippen molar-refractivity contribution in [3.63, 3.8) is 0 Å². The molecule has 1 atom stereocenters. The summed E-state index contributed by atoms with van der Waals surface area (Å²) in [5, 5.41) is 30.7. The molecule has 1 aromatic carbocycles. The van der Waals surface area contributed by atoms with Crippen molar-refractivity contribution >= 4 is 22.4 Å². The molecule has 0 saturated heterocycles. The lowest BCUT2D eigenvalue weighted by molar-refractivity contribution is 0.503. The quantitative estimate of drug-likeness (QED) is 0.630. The van der Waals surface area contributed by atoms with Crippen LogP contribution in [0.15, 0.2) is 45.5 Å². The maximum Gasteiger partial charge on any atom is 0.153 e. The molecule has 1 aliphatic rings. The molecule has 0 fully saturated rings. The highest BCUT2D eigenvalue weighted by atomic mass is 16.3. The Morgan fingerprint density at radius 2 is 1.86 bits per heavy atom. The molecule has 4 rings (SSSR count). The molecule has 7 heteroatoms. The Labute approximate surface area is 161 Å². The van der Waals surface area contributed by atoms with E-state index < -0.39 is 5.92 Å². The van der Waals surface area contributed by atoms with Crippen LogP contribution in [0.3, 0.4) is 0 Å². The highest BCUT2D eigenvalue weighted by Crippen LogP contribution is 2.41. The van der Waals surface area contributed by atoms with Gasteiger partial charge in [0.25, 0.3) is 0 Å². The second-order valence-electron chi connectivity index (χ2n) is 6.85. The van der Waals surface area contributed by atoms with E-state index in [1.807, 2.05) is 45.0 Å². The molecule has 3 aromatic rings. The van der Waals surface area contributed by atoms with Gasteiger partial charge in [0, 0.05) is 16.6 Å². The summed E-state index contributed by atoms with van der Waals surface area (Å²) < 4.78 is 5.66. The predicted molar refractivity (Wildman–Crippen MR) is 105 cm³/mol. The predicted octanol–water partition coefficient (Wildman–Crippen LogP) is 3.77. The van der Waals surface area contributed by atoms with Crippen LogP contribution in [-0.4, -0.2) is 10.2 Å². The first-order valence-corrected chi connectivity index (χ1v) is 8.77. The Kier molecular flexibility index (Phi) is 3.94. The summed E-state index contributed by atoms with van der Waals surface area (Å²) >= 11 is 0. The highest BCUT2D eigenvalue weighted by Gasteiger charge is 2.32. The Morgan fingerprint density at radius 1 is 1.11 bits per heavy atom. The van der Waals surface area contributed by atoms with Gasteiger partial charge in [0.1, 0.15) is 11.5 Å². The molecule has 0 spiro atoms. The summed E-state index contributed by atoms with van der Waals surface area (Å²) in [5.74, 6) is 1.36. The largest absolute Gasteiger partial charge is 0.466 e. The lowest BCUT2D eigenvalue weighted by atomic mass is 9.80. The molecule has 0 saturated carbocycles. The Bertz CT molecular complexity index is 1260. The minimum Gasteiger partial charge on any atom is -0.466 e. The monoisotopic (exact) mass is 370 g/mol. The molecule has 4 N–H and O–H groups in total. The zero-order valence-corrected chi connectivity index (χ0v) is 15.7. The molecule has 0 amide bonds. The molecule has 3 heterocycles. The normalized spacial score (nSPS) is 16.8. The number of nitrogens with one attached hydrogen (secondary N) is 2. The second-order valence-corrected chi connectivity index (χ2v) is 6.85. The van der Waals surface area contributed by atoms with Crippen LogP contribution in [0.5, 0.6) is 0 Å². The topological polar surface area (TPSA) is 127 Å². The first kappa shape index (κ1) is 17.4. The first-order valence-electron chi connectivity index (χ1n) is 8.77. The van der Waals surface area contributed by atoms with Crippen LogP contribution in [0.25, 0.3) is 16.6 Å². The number of nitrogen functional groups attached to an aromatic ring is 1. The molecule has 28 heavy (non-hydrogen) atoms. The van der Waals surface area contributed by atoms with Crippen LogP contribution in [0.2, 0.25) is 0 Å². The lowest BCUT2D eigenvalue weighted by Crippen LogP contribution is -2.24. The molecule has 0 aliphatic carbocycles. The molecular weight excluding hydrogens is 352 g/mol. The summed E-state index contributed by atoms with van der Waals surface area (Å²) in [7, 11) is 0. The van der Waals surface area contributed by atoms with Crippen molar-refractivity contribution in [2.45, 2.75) is 26.7 Å². The van der Waals surface area contributed by atoms with E-state index in [4.69, 9.17) is 10.2 Å². The number of furan rings is 1. The number of nitrogens with two attached hydrogens (primary N) is 1. The fourth-order valence-electron chi connectivity index (χ4n) is 3.75. The number of nitrogens with zero attached hydrogens (tertiary/aromatic N) is 3. The summed E-state index contributed by atoms with van der Waals surface area (Å²) in [6.45, 7) is 5.56. The smallest absolute Gasteiger partial charge is 0.153 e. The number of aryl methyl sites for hydroxylation is 2. The second kappa shape index (κ2) is 6.33. The van der Waals surface area contributed by atoms with Crippen LogP contribution < -0.4 is 11.1 Å². The highest BCUT2D eigenvalue weighted by molar-refractivity contribution is 5.90. The van der Waals surface area contributed by atoms with E-state index in [1.165, 1.54) is 0 Å². The molecule has 138 valence electrons. The molecule has 0 bridgehead atoms. The Hall–Kier alpha value is -3.97. The van der Waals surface area contributed by atoms with E-state index in [2.05, 4.69) is 27.7 Å². The minimum atomic E-state index is -0.500. The van der Waals surface area contributed by atoms with Crippen molar-refractivity contribution in [1.82, 2.24) is 15.5 Å². The number of benzene rings is 1. The van der Waals surface area contributed by atoms with Crippen LogP contribution >= 0.6 is 0 Å². The molecular formula is C21H18N6O. The van der Waals surface area contributed by atoms with Gasteiger partial charge in [0.15, 0.2) is 5.82 Å². The maximum atomic E-state index is 10.0. The molecule has 0 radical (unpaired) electrons. The Morgan fingerprint density at radius 3 is 2.50 bits per heavy atom. The van der Waals surface area contributed by atoms with E-state index in [-0.39, 0.29) is 0 Å². The number of dihydropyridines is 1. The summed E-state index contributed by atoms with van der Waals surface area (Å²) in [5.41, 5.74) is 10.7. The fraction of sp³-hybridized carbons (Fsp3) is 0.190. The van der Waals surface area contributed by atoms with Crippen molar-refractivity contribution < 1.29 is 4.42 Å². The summed E-state index contributed by atoms with van der Waals surface area (Å²) in [6, 6.07) is 12.1. The molecule has 2 aromatic heterocycles. The lowest BCUT2D eigenvalue weighted by Gasteiger charge is -2.27. The Balaban J connectivity index is 1.98. The van der Waals surface area contributed by atoms with Crippen LogP contribution in [0.4, 0.5) is 5.82 Å². The van der Waals surface area contributed by atoms with Gasteiger partial charge in [0.05, 0.1) is 40.4 Å². The first-order chi connectivity index (χ1) is 13.4. The number of hydrogen-bond acceptors (Lipinski definition) is 6. The van der Waals surface area contributed by atoms with Crippen LogP contribution in [-0.2, 0) is 0 Å². The number of aromatic amines is 1. The third-order valence-corrected chi connectivity index (χ3v) is 5.06. The van der Waals surface area contributed by atoms with Crippen molar-refractivity contribution in [1.29, 1.82) is 10.5 Å². The van der Waals surface area contributed by atoms with Crippen molar-refractivity contribution in [3.05, 3.63) is 63.8 Å². The maximum absolute atomic E-state index is 10.0. The summed E-state index contributed by atoms with van der Waals surface area (Å²) in [4.78, 5) is 0. The molecule has 1 unspecified atom stereocenters. The number of allylic oxidation sites excluding steroid dienone is 3. The van der Waals surface area contributed by atoms with Gasteiger partial charge in [-0.15, -0.1) is 0 Å². The van der Waals surface area contributed by atoms with E-state index in [1.54, 1.807) is 0 Å². The van der Waals surface area contributed by atoms with E-state index in [0.29, 0.717) is 34.1 Å². The van der Waals surface area contributed by atoms with Crippen molar-refractivity contribution in [2.24, 2.45) is 0 Å². The number of hydrogen-bond donors (Lipinski definition) is 3. The van der Waals surface area contributed by atoms with Gasteiger partial charge < -0.3 is 15.5 Å². The number of H-pyrrole nitrogens is 1. The molecule has 7 nitrogen and oxygen atoms in total. The van der Waals surface area contributed by atoms with E-state index in [0.717, 1.165) is 27.8 Å².